The van der Waals surface area contributed by atoms with E-state index in [1.807, 2.05) is 36.4 Å². The minimum Gasteiger partial charge on any atom is -0.481 e. The molecule has 27 heavy (non-hydrogen) atoms. The topological polar surface area (TPSA) is 87.1 Å². The summed E-state index contributed by atoms with van der Waals surface area (Å²) in [6.45, 7) is 0.366. The number of carboxylic acids is 1. The molecule has 3 rings (SSSR count). The van der Waals surface area contributed by atoms with Crippen LogP contribution in [-0.2, 0) is 9.53 Å². The van der Waals surface area contributed by atoms with Crippen LogP contribution in [0.1, 0.15) is 29.9 Å². The molecule has 2 N–H and O–H groups in total. The highest BCUT2D eigenvalue weighted by molar-refractivity contribution is 5.79. The minimum atomic E-state index is -0.911. The van der Waals surface area contributed by atoms with Crippen molar-refractivity contribution in [1.82, 2.24) is 4.90 Å². The average Bonchev–Trinajstić information content (AvgIpc) is 2.99. The number of benzene rings is 2. The van der Waals surface area contributed by atoms with Crippen molar-refractivity contribution >= 4 is 12.1 Å². The van der Waals surface area contributed by atoms with E-state index in [1.165, 1.54) is 4.90 Å². The predicted molar refractivity (Wildman–Crippen MR) is 101 cm³/mol. The number of amides is 1. The number of rotatable bonds is 8. The maximum Gasteiger partial charge on any atom is 0.409 e. The number of hydrogen-bond acceptors (Lipinski definition) is 4. The molecular weight excluding hydrogens is 346 g/mol. The predicted octanol–water partition coefficient (Wildman–Crippen LogP) is 3.09. The number of nitrogens with zero attached hydrogens (tertiary/aromatic N) is 1. The molecule has 0 aliphatic heterocycles. The Morgan fingerprint density at radius 3 is 2.11 bits per heavy atom. The first-order chi connectivity index (χ1) is 13.1. The average molecular weight is 369 g/mol. The van der Waals surface area contributed by atoms with Crippen LogP contribution in [0.15, 0.2) is 48.5 Å². The standard InChI is InChI=1S/C21H23NO5/c23-13-12-22(11-5-10-20(24)25)21(26)27-14-19-17-8-3-1-6-15(17)16-7-2-4-9-18(16)19/h1-4,6-9,19,23H,5,10-14H2,(H,24,25). The first kappa shape index (κ1) is 18.9. The molecule has 0 aromatic heterocycles. The molecule has 1 aliphatic carbocycles. The lowest BCUT2D eigenvalue weighted by Gasteiger charge is -2.22. The van der Waals surface area contributed by atoms with Crippen LogP contribution in [0.25, 0.3) is 11.1 Å². The summed E-state index contributed by atoms with van der Waals surface area (Å²) in [6.07, 6.45) is -0.241. The monoisotopic (exact) mass is 369 g/mol. The van der Waals surface area contributed by atoms with Crippen molar-refractivity contribution in [1.29, 1.82) is 0 Å². The number of ether oxygens (including phenoxy) is 1. The molecule has 6 nitrogen and oxygen atoms in total. The highest BCUT2D eigenvalue weighted by Gasteiger charge is 2.29. The van der Waals surface area contributed by atoms with Crippen molar-refractivity contribution in [2.24, 2.45) is 0 Å². The van der Waals surface area contributed by atoms with Crippen LogP contribution in [-0.4, -0.2) is 53.5 Å². The van der Waals surface area contributed by atoms with Crippen LogP contribution in [0.3, 0.4) is 0 Å². The van der Waals surface area contributed by atoms with E-state index in [1.54, 1.807) is 0 Å². The quantitative estimate of drug-likeness (QED) is 0.747. The largest absolute Gasteiger partial charge is 0.481 e. The lowest BCUT2D eigenvalue weighted by molar-refractivity contribution is -0.137. The second-order valence-corrected chi connectivity index (χ2v) is 6.51. The Morgan fingerprint density at radius 2 is 1.56 bits per heavy atom. The van der Waals surface area contributed by atoms with Crippen LogP contribution >= 0.6 is 0 Å². The molecule has 0 unspecified atom stereocenters. The summed E-state index contributed by atoms with van der Waals surface area (Å²) < 4.78 is 5.54. The highest BCUT2D eigenvalue weighted by Crippen LogP contribution is 2.44. The van der Waals surface area contributed by atoms with Gasteiger partial charge >= 0.3 is 12.1 Å². The summed E-state index contributed by atoms with van der Waals surface area (Å²) in [5, 5.41) is 17.9. The molecule has 0 atom stereocenters. The first-order valence-electron chi connectivity index (χ1n) is 9.04. The van der Waals surface area contributed by atoms with Crippen molar-refractivity contribution in [3.63, 3.8) is 0 Å². The van der Waals surface area contributed by atoms with Gasteiger partial charge in [0, 0.05) is 25.4 Å². The zero-order valence-corrected chi connectivity index (χ0v) is 15.0. The van der Waals surface area contributed by atoms with Gasteiger partial charge in [-0.1, -0.05) is 48.5 Å². The van der Waals surface area contributed by atoms with Gasteiger partial charge < -0.3 is 19.8 Å². The molecule has 0 saturated heterocycles. The maximum absolute atomic E-state index is 12.4. The van der Waals surface area contributed by atoms with Gasteiger partial charge in [0.2, 0.25) is 0 Å². The summed E-state index contributed by atoms with van der Waals surface area (Å²) >= 11 is 0. The zero-order valence-electron chi connectivity index (χ0n) is 15.0. The number of carbonyl (C=O) groups excluding carboxylic acids is 1. The van der Waals surface area contributed by atoms with Crippen LogP contribution in [0.4, 0.5) is 4.79 Å². The van der Waals surface area contributed by atoms with E-state index in [0.717, 1.165) is 22.3 Å². The van der Waals surface area contributed by atoms with E-state index >= 15 is 0 Å². The molecule has 0 spiro atoms. The number of fused-ring (bicyclic) bond motifs is 3. The van der Waals surface area contributed by atoms with Crippen LogP contribution in [0.5, 0.6) is 0 Å². The molecule has 1 amide bonds. The van der Waals surface area contributed by atoms with Crippen molar-refractivity contribution in [3.8, 4) is 11.1 Å². The normalized spacial score (nSPS) is 12.3. The summed E-state index contributed by atoms with van der Waals surface area (Å²) in [6, 6.07) is 16.2. The van der Waals surface area contributed by atoms with Gasteiger partial charge in [0.15, 0.2) is 0 Å². The third-order valence-corrected chi connectivity index (χ3v) is 4.78. The molecule has 6 heteroatoms. The number of carbonyl (C=O) groups is 2. The third-order valence-electron chi connectivity index (χ3n) is 4.78. The number of hydrogen-bond donors (Lipinski definition) is 2. The lowest BCUT2D eigenvalue weighted by Crippen LogP contribution is -2.35. The molecule has 0 bridgehead atoms. The summed E-state index contributed by atoms with van der Waals surface area (Å²) in [4.78, 5) is 24.4. The second-order valence-electron chi connectivity index (χ2n) is 6.51. The molecule has 2 aromatic rings. The van der Waals surface area contributed by atoms with Gasteiger partial charge in [0.25, 0.3) is 0 Å². The number of aliphatic carboxylic acids is 1. The number of aliphatic hydroxyl groups excluding tert-OH is 1. The van der Waals surface area contributed by atoms with Crippen molar-refractivity contribution in [3.05, 3.63) is 59.7 Å². The molecule has 0 fully saturated rings. The third kappa shape index (κ3) is 4.28. The first-order valence-corrected chi connectivity index (χ1v) is 9.04. The molecular formula is C21H23NO5. The van der Waals surface area contributed by atoms with Gasteiger partial charge in [-0.2, -0.15) is 0 Å². The van der Waals surface area contributed by atoms with Crippen molar-refractivity contribution in [2.75, 3.05) is 26.3 Å². The molecule has 0 saturated carbocycles. The Bertz CT molecular complexity index is 774. The summed E-state index contributed by atoms with van der Waals surface area (Å²) in [5.74, 6) is -0.942. The van der Waals surface area contributed by atoms with Crippen LogP contribution in [0, 0.1) is 0 Å². The Balaban J connectivity index is 1.68. The zero-order chi connectivity index (χ0) is 19.2. The van der Waals surface area contributed by atoms with E-state index in [-0.39, 0.29) is 38.6 Å². The van der Waals surface area contributed by atoms with E-state index in [9.17, 15) is 9.59 Å². The summed E-state index contributed by atoms with van der Waals surface area (Å²) in [5.41, 5.74) is 4.57. The van der Waals surface area contributed by atoms with Crippen molar-refractivity contribution in [2.45, 2.75) is 18.8 Å². The van der Waals surface area contributed by atoms with Crippen molar-refractivity contribution < 1.29 is 24.5 Å². The minimum absolute atomic E-state index is 0.0292. The van der Waals surface area contributed by atoms with Gasteiger partial charge in [-0.05, 0) is 28.7 Å². The van der Waals surface area contributed by atoms with E-state index in [4.69, 9.17) is 14.9 Å². The number of aliphatic hydroxyl groups is 1. The second kappa shape index (κ2) is 8.68. The Labute approximate surface area is 158 Å². The molecule has 142 valence electrons. The fourth-order valence-electron chi connectivity index (χ4n) is 3.52. The van der Waals surface area contributed by atoms with Gasteiger partial charge in [0.05, 0.1) is 6.61 Å². The van der Waals surface area contributed by atoms with Gasteiger partial charge in [0.1, 0.15) is 6.61 Å². The van der Waals surface area contributed by atoms with Crippen LogP contribution in [0.2, 0.25) is 0 Å². The number of carboxylic acid groups (broad SMARTS) is 1. The molecule has 0 heterocycles. The molecule has 1 aliphatic rings. The fourth-order valence-corrected chi connectivity index (χ4v) is 3.52. The molecule has 0 radical (unpaired) electrons. The van der Waals surface area contributed by atoms with E-state index in [0.29, 0.717) is 6.42 Å². The van der Waals surface area contributed by atoms with Crippen LogP contribution < -0.4 is 0 Å². The van der Waals surface area contributed by atoms with Gasteiger partial charge in [-0.3, -0.25) is 4.79 Å². The lowest BCUT2D eigenvalue weighted by atomic mass is 9.98. The van der Waals surface area contributed by atoms with E-state index < -0.39 is 12.1 Å². The van der Waals surface area contributed by atoms with Gasteiger partial charge in [-0.15, -0.1) is 0 Å². The highest BCUT2D eigenvalue weighted by atomic mass is 16.6. The fraction of sp³-hybridized carbons (Fsp3) is 0.333. The smallest absolute Gasteiger partial charge is 0.409 e. The Morgan fingerprint density at radius 1 is 0.963 bits per heavy atom. The molecule has 2 aromatic carbocycles. The SMILES string of the molecule is O=C(O)CCCN(CCO)C(=O)OCC1c2ccccc2-c2ccccc21. The Kier molecular flexibility index (Phi) is 6.08. The van der Waals surface area contributed by atoms with E-state index in [2.05, 4.69) is 12.1 Å². The maximum atomic E-state index is 12.4. The van der Waals surface area contributed by atoms with Gasteiger partial charge in [-0.25, -0.2) is 4.79 Å². The Hall–Kier alpha value is -2.86. The summed E-state index contributed by atoms with van der Waals surface area (Å²) in [7, 11) is 0.